The smallest absolute Gasteiger partial charge is 0.166 e. The van der Waals surface area contributed by atoms with Gasteiger partial charge in [-0.05, 0) is 25.9 Å². The van der Waals surface area contributed by atoms with Crippen LogP contribution >= 0.6 is 11.8 Å². The summed E-state index contributed by atoms with van der Waals surface area (Å²) >= 11 is 1.42. The number of pyridine rings is 1. The van der Waals surface area contributed by atoms with Crippen LogP contribution in [0, 0.1) is 13.8 Å². The van der Waals surface area contributed by atoms with Gasteiger partial charge in [-0.15, -0.1) is 0 Å². The minimum absolute atomic E-state index is 0.0363. The molecule has 2 aromatic heterocycles. The molecule has 0 spiro atoms. The van der Waals surface area contributed by atoms with E-state index < -0.39 is 0 Å². The van der Waals surface area contributed by atoms with Crippen LogP contribution in [0.15, 0.2) is 29.5 Å². The van der Waals surface area contributed by atoms with E-state index in [1.807, 2.05) is 13.8 Å². The van der Waals surface area contributed by atoms with Gasteiger partial charge < -0.3 is 14.5 Å². The molecule has 1 N–H and O–H groups in total. The first-order valence-electron chi connectivity index (χ1n) is 8.54. The van der Waals surface area contributed by atoms with E-state index >= 15 is 0 Å². The first-order chi connectivity index (χ1) is 12.4. The van der Waals surface area contributed by atoms with Crippen molar-refractivity contribution in [1.29, 1.82) is 0 Å². The van der Waals surface area contributed by atoms with Gasteiger partial charge in [-0.25, -0.2) is 4.98 Å². The highest BCUT2D eigenvalue weighted by Gasteiger charge is 2.11. The van der Waals surface area contributed by atoms with Crippen LogP contribution in [0.5, 0.6) is 11.5 Å². The Morgan fingerprint density at radius 2 is 2.09 bits per heavy atom. The van der Waals surface area contributed by atoms with Crippen LogP contribution in [-0.4, -0.2) is 29.2 Å². The monoisotopic (exact) mass is 332 g/mol. The summed E-state index contributed by atoms with van der Waals surface area (Å²) in [5.74, 6) is 1.46. The molecule has 0 atom stereocenters. The predicted octanol–water partition coefficient (Wildman–Crippen LogP) is 3.88. The summed E-state index contributed by atoms with van der Waals surface area (Å²) in [4.78, 5) is 11.9. The molecule has 0 saturated carbocycles. The number of aryl methyl sites for hydroxylation is 1. The van der Waals surface area contributed by atoms with E-state index in [9.17, 15) is 0 Å². The Kier molecular flexibility index (Phi) is 3.46. The second-order valence-electron chi connectivity index (χ2n) is 5.01. The molecular weight excluding hydrogens is 310 g/mol. The normalized spacial score (nSPS) is 12.8. The summed E-state index contributed by atoms with van der Waals surface area (Å²) in [6.45, 7) is 3.92. The number of fused-ring (bicyclic) bond motifs is 1. The summed E-state index contributed by atoms with van der Waals surface area (Å²) in [5, 5.41) is 0.565. The van der Waals surface area contributed by atoms with Gasteiger partial charge in [0, 0.05) is 29.1 Å². The Balaban J connectivity index is 1.94. The SMILES string of the molecule is [2H]c1c(OC)c([2H])c2[nH]c(SCc3ncc(C)c(OC)c3C)nc2c1[2H]. The third-order valence-electron chi connectivity index (χ3n) is 3.51. The highest BCUT2D eigenvalue weighted by molar-refractivity contribution is 7.98. The number of H-pyrrole nitrogens is 1. The van der Waals surface area contributed by atoms with Crippen LogP contribution < -0.4 is 9.47 Å². The molecule has 23 heavy (non-hydrogen) atoms. The van der Waals surface area contributed by atoms with Gasteiger partial charge in [0.05, 0.1) is 35.1 Å². The van der Waals surface area contributed by atoms with Gasteiger partial charge in [0.2, 0.25) is 0 Å². The molecule has 3 aromatic rings. The van der Waals surface area contributed by atoms with Crippen molar-refractivity contribution < 1.29 is 13.6 Å². The molecule has 0 bridgehead atoms. The second-order valence-corrected chi connectivity index (χ2v) is 5.97. The Morgan fingerprint density at radius 3 is 2.83 bits per heavy atom. The minimum Gasteiger partial charge on any atom is -0.497 e. The fourth-order valence-corrected chi connectivity index (χ4v) is 3.21. The quantitative estimate of drug-likeness (QED) is 0.718. The number of nitrogens with one attached hydrogen (secondary N) is 1. The third kappa shape index (κ3) is 3.12. The van der Waals surface area contributed by atoms with Crippen LogP contribution in [0.25, 0.3) is 11.0 Å². The Morgan fingerprint density at radius 1 is 1.26 bits per heavy atom. The standard InChI is InChI=1S/C17H19N3O2S/c1-10-8-18-15(11(2)16(10)22-4)9-23-17-19-13-6-5-12(21-3)7-14(13)20-17/h5-8H,9H2,1-4H3,(H,19,20)/i5D,6D,7D. The molecule has 120 valence electrons. The highest BCUT2D eigenvalue weighted by Crippen LogP contribution is 2.29. The maximum atomic E-state index is 8.16. The van der Waals surface area contributed by atoms with E-state index in [4.69, 9.17) is 13.6 Å². The first-order valence-corrected chi connectivity index (χ1v) is 8.02. The molecule has 0 aliphatic heterocycles. The van der Waals surface area contributed by atoms with E-state index in [1.54, 1.807) is 13.3 Å². The van der Waals surface area contributed by atoms with Crippen molar-refractivity contribution in [2.75, 3.05) is 14.2 Å². The summed E-state index contributed by atoms with van der Waals surface area (Å²) in [6.07, 6.45) is 1.78. The number of hydrogen-bond acceptors (Lipinski definition) is 5. The molecule has 0 fully saturated rings. The topological polar surface area (TPSA) is 60.0 Å². The number of ether oxygens (including phenoxy) is 2. The zero-order valence-corrected chi connectivity index (χ0v) is 14.2. The summed E-state index contributed by atoms with van der Waals surface area (Å²) < 4.78 is 34.7. The molecule has 0 unspecified atom stereocenters. The number of benzene rings is 1. The summed E-state index contributed by atoms with van der Waals surface area (Å²) in [7, 11) is 3.03. The Bertz CT molecular complexity index is 992. The van der Waals surface area contributed by atoms with Crippen LogP contribution in [0.3, 0.4) is 0 Å². The number of aromatic amines is 1. The number of thioether (sulfide) groups is 1. The molecule has 0 aliphatic carbocycles. The van der Waals surface area contributed by atoms with Crippen molar-refractivity contribution in [1.82, 2.24) is 15.0 Å². The molecule has 0 aliphatic rings. The average molecular weight is 332 g/mol. The van der Waals surface area contributed by atoms with Gasteiger partial charge in [0.15, 0.2) is 5.16 Å². The van der Waals surface area contributed by atoms with Crippen molar-refractivity contribution in [3.63, 3.8) is 0 Å². The lowest BCUT2D eigenvalue weighted by Crippen LogP contribution is -1.98. The summed E-state index contributed by atoms with van der Waals surface area (Å²) in [6, 6.07) is -0.148. The average Bonchev–Trinajstić information content (AvgIpc) is 3.05. The van der Waals surface area contributed by atoms with Crippen molar-refractivity contribution in [3.05, 3.63) is 41.1 Å². The number of methoxy groups -OCH3 is 2. The molecule has 2 heterocycles. The second kappa shape index (κ2) is 6.50. The maximum absolute atomic E-state index is 8.16. The van der Waals surface area contributed by atoms with Gasteiger partial charge >= 0.3 is 0 Å². The van der Waals surface area contributed by atoms with Crippen molar-refractivity contribution in [2.24, 2.45) is 0 Å². The number of aromatic nitrogens is 3. The number of imidazole rings is 1. The zero-order chi connectivity index (χ0) is 19.0. The van der Waals surface area contributed by atoms with Crippen molar-refractivity contribution >= 4 is 22.8 Å². The van der Waals surface area contributed by atoms with E-state index in [1.165, 1.54) is 18.9 Å². The van der Waals surface area contributed by atoms with Gasteiger partial charge in [-0.1, -0.05) is 11.8 Å². The van der Waals surface area contributed by atoms with Gasteiger partial charge in [0.1, 0.15) is 11.5 Å². The Hall–Kier alpha value is -2.21. The maximum Gasteiger partial charge on any atom is 0.166 e. The lowest BCUT2D eigenvalue weighted by molar-refractivity contribution is 0.407. The molecule has 0 saturated heterocycles. The largest absolute Gasteiger partial charge is 0.497 e. The first kappa shape index (κ1) is 12.2. The van der Waals surface area contributed by atoms with Gasteiger partial charge in [-0.2, -0.15) is 0 Å². The third-order valence-corrected chi connectivity index (χ3v) is 4.40. The van der Waals surface area contributed by atoms with Crippen LogP contribution in [0.1, 0.15) is 20.9 Å². The molecule has 1 aromatic carbocycles. The van der Waals surface area contributed by atoms with Gasteiger partial charge in [0.25, 0.3) is 0 Å². The predicted molar refractivity (Wildman–Crippen MR) is 92.5 cm³/mol. The van der Waals surface area contributed by atoms with E-state index in [-0.39, 0.29) is 23.9 Å². The van der Waals surface area contributed by atoms with Crippen LogP contribution in [0.4, 0.5) is 0 Å². The molecule has 0 radical (unpaired) electrons. The fourth-order valence-electron chi connectivity index (χ4n) is 2.32. The number of hydrogen-bond donors (Lipinski definition) is 1. The van der Waals surface area contributed by atoms with Crippen LogP contribution in [-0.2, 0) is 5.75 Å². The lowest BCUT2D eigenvalue weighted by atomic mass is 10.1. The van der Waals surface area contributed by atoms with Crippen molar-refractivity contribution in [3.8, 4) is 11.5 Å². The molecule has 6 heteroatoms. The van der Waals surface area contributed by atoms with Gasteiger partial charge in [-0.3, -0.25) is 4.98 Å². The molecule has 0 amide bonds. The number of nitrogens with zero attached hydrogens (tertiary/aromatic N) is 2. The lowest BCUT2D eigenvalue weighted by Gasteiger charge is -2.11. The Labute approximate surface area is 143 Å². The molecule has 3 rings (SSSR count). The highest BCUT2D eigenvalue weighted by atomic mass is 32.2. The molecule has 5 nitrogen and oxygen atoms in total. The fraction of sp³-hybridized carbons (Fsp3) is 0.294. The summed E-state index contributed by atoms with van der Waals surface area (Å²) in [5.41, 5.74) is 3.55. The van der Waals surface area contributed by atoms with E-state index in [0.29, 0.717) is 21.9 Å². The minimum atomic E-state index is -0.131. The van der Waals surface area contributed by atoms with E-state index in [2.05, 4.69) is 15.0 Å². The van der Waals surface area contributed by atoms with Crippen molar-refractivity contribution in [2.45, 2.75) is 24.8 Å². The van der Waals surface area contributed by atoms with E-state index in [0.717, 1.165) is 22.6 Å². The van der Waals surface area contributed by atoms with Crippen LogP contribution in [0.2, 0.25) is 0 Å². The molecular formula is C17H19N3O2S. The zero-order valence-electron chi connectivity index (χ0n) is 16.4. The number of rotatable bonds is 5.